The normalized spacial score (nSPS) is 13.8. The monoisotopic (exact) mass is 453 g/mol. The molecule has 1 aromatic heterocycles. The number of carbonyl (C=O) groups excluding carboxylic acids is 2. The van der Waals surface area contributed by atoms with Gasteiger partial charge >= 0.3 is 0 Å². The van der Waals surface area contributed by atoms with Gasteiger partial charge in [0, 0.05) is 51.9 Å². The summed E-state index contributed by atoms with van der Waals surface area (Å²) in [5.74, 6) is 1.06. The van der Waals surface area contributed by atoms with Crippen LogP contribution in [-0.2, 0) is 4.79 Å². The van der Waals surface area contributed by atoms with Crippen molar-refractivity contribution >= 4 is 17.5 Å². The summed E-state index contributed by atoms with van der Waals surface area (Å²) in [6, 6.07) is 8.02. The van der Waals surface area contributed by atoms with E-state index in [1.54, 1.807) is 11.1 Å². The number of nitrogens with zero attached hydrogens (tertiary/aromatic N) is 5. The first-order valence-corrected chi connectivity index (χ1v) is 11.7. The summed E-state index contributed by atoms with van der Waals surface area (Å²) in [6.45, 7) is 12.3. The summed E-state index contributed by atoms with van der Waals surface area (Å²) in [4.78, 5) is 40.1. The van der Waals surface area contributed by atoms with Crippen LogP contribution >= 0.6 is 0 Å². The highest BCUT2D eigenvalue weighted by Gasteiger charge is 2.25. The Labute approximate surface area is 196 Å². The molecule has 0 N–H and O–H groups in total. The SMILES string of the molecule is CCOc1ccccc1N1CCN(C(=O)CCN(CC(C)C)C(=O)c2cnc(C)cn2)CC1. The predicted octanol–water partition coefficient (Wildman–Crippen LogP) is 3.02. The summed E-state index contributed by atoms with van der Waals surface area (Å²) >= 11 is 0. The van der Waals surface area contributed by atoms with Crippen molar-refractivity contribution in [2.45, 2.75) is 34.1 Å². The topological polar surface area (TPSA) is 78.9 Å². The van der Waals surface area contributed by atoms with E-state index in [1.165, 1.54) is 6.20 Å². The molecule has 1 aromatic carbocycles. The zero-order chi connectivity index (χ0) is 23.8. The van der Waals surface area contributed by atoms with E-state index in [1.807, 2.05) is 36.9 Å². The molecule has 2 heterocycles. The molecule has 178 valence electrons. The van der Waals surface area contributed by atoms with Crippen molar-refractivity contribution in [3.05, 3.63) is 48.0 Å². The summed E-state index contributed by atoms with van der Waals surface area (Å²) < 4.78 is 5.76. The third kappa shape index (κ3) is 6.66. The summed E-state index contributed by atoms with van der Waals surface area (Å²) in [5, 5.41) is 0. The average molecular weight is 454 g/mol. The Morgan fingerprint density at radius 2 is 1.82 bits per heavy atom. The van der Waals surface area contributed by atoms with E-state index in [-0.39, 0.29) is 17.7 Å². The van der Waals surface area contributed by atoms with E-state index in [0.717, 1.165) is 30.2 Å². The van der Waals surface area contributed by atoms with Gasteiger partial charge in [-0.15, -0.1) is 0 Å². The number of carbonyl (C=O) groups is 2. The van der Waals surface area contributed by atoms with Crippen molar-refractivity contribution < 1.29 is 14.3 Å². The molecule has 8 nitrogen and oxygen atoms in total. The van der Waals surface area contributed by atoms with E-state index in [0.29, 0.717) is 44.9 Å². The van der Waals surface area contributed by atoms with E-state index < -0.39 is 0 Å². The van der Waals surface area contributed by atoms with Gasteiger partial charge in [-0.25, -0.2) is 4.98 Å². The third-order valence-corrected chi connectivity index (χ3v) is 5.61. The number of ether oxygens (including phenoxy) is 1. The fraction of sp³-hybridized carbons (Fsp3) is 0.520. The van der Waals surface area contributed by atoms with Gasteiger partial charge < -0.3 is 19.4 Å². The van der Waals surface area contributed by atoms with Gasteiger partial charge in [-0.1, -0.05) is 26.0 Å². The van der Waals surface area contributed by atoms with Crippen LogP contribution < -0.4 is 9.64 Å². The smallest absolute Gasteiger partial charge is 0.274 e. The number of para-hydroxylation sites is 2. The highest BCUT2D eigenvalue weighted by molar-refractivity contribution is 5.92. The molecule has 8 heteroatoms. The van der Waals surface area contributed by atoms with Gasteiger partial charge in [0.25, 0.3) is 5.91 Å². The Morgan fingerprint density at radius 3 is 2.45 bits per heavy atom. The quantitative estimate of drug-likeness (QED) is 0.581. The number of hydrogen-bond acceptors (Lipinski definition) is 6. The Balaban J connectivity index is 1.56. The Kier molecular flexibility index (Phi) is 8.63. The molecule has 0 unspecified atom stereocenters. The number of aryl methyl sites for hydroxylation is 1. The highest BCUT2D eigenvalue weighted by Crippen LogP contribution is 2.28. The van der Waals surface area contributed by atoms with E-state index in [9.17, 15) is 9.59 Å². The van der Waals surface area contributed by atoms with Crippen LogP contribution in [0.15, 0.2) is 36.7 Å². The van der Waals surface area contributed by atoms with Crippen LogP contribution in [0.3, 0.4) is 0 Å². The molecule has 1 fully saturated rings. The van der Waals surface area contributed by atoms with Gasteiger partial charge in [0.15, 0.2) is 0 Å². The second-order valence-corrected chi connectivity index (χ2v) is 8.71. The molecular weight excluding hydrogens is 418 g/mol. The first kappa shape index (κ1) is 24.5. The number of rotatable bonds is 9. The van der Waals surface area contributed by atoms with Gasteiger partial charge in [-0.2, -0.15) is 0 Å². The first-order chi connectivity index (χ1) is 15.9. The molecule has 0 saturated carbocycles. The van der Waals surface area contributed by atoms with Gasteiger partial charge in [-0.05, 0) is 31.9 Å². The molecule has 0 radical (unpaired) electrons. The molecular formula is C25H35N5O3. The lowest BCUT2D eigenvalue weighted by Crippen LogP contribution is -2.49. The number of hydrogen-bond donors (Lipinski definition) is 0. The standard InChI is InChI=1S/C25H35N5O3/c1-5-33-23-9-7-6-8-22(23)28-12-14-29(15-13-28)24(31)10-11-30(18-19(2)3)25(32)21-17-26-20(4)16-27-21/h6-9,16-17,19H,5,10-15,18H2,1-4H3. The second-order valence-electron chi connectivity index (χ2n) is 8.71. The lowest BCUT2D eigenvalue weighted by molar-refractivity contribution is -0.131. The van der Waals surface area contributed by atoms with E-state index in [2.05, 4.69) is 34.8 Å². The maximum absolute atomic E-state index is 12.9. The molecule has 1 aliphatic heterocycles. The number of anilines is 1. The summed E-state index contributed by atoms with van der Waals surface area (Å²) in [6.07, 6.45) is 3.40. The minimum atomic E-state index is -0.179. The van der Waals surface area contributed by atoms with Crippen LogP contribution in [-0.4, -0.2) is 77.5 Å². The minimum Gasteiger partial charge on any atom is -0.492 e. The molecule has 3 rings (SSSR count). The molecule has 0 atom stereocenters. The molecule has 2 amide bonds. The van der Waals surface area contributed by atoms with Crippen molar-refractivity contribution in [1.29, 1.82) is 0 Å². The Morgan fingerprint density at radius 1 is 1.09 bits per heavy atom. The average Bonchev–Trinajstić information content (AvgIpc) is 2.82. The van der Waals surface area contributed by atoms with Crippen molar-refractivity contribution in [2.75, 3.05) is 50.8 Å². The number of amides is 2. The summed E-state index contributed by atoms with van der Waals surface area (Å²) in [5.41, 5.74) is 2.15. The number of benzene rings is 1. The van der Waals surface area contributed by atoms with Crippen LogP contribution in [0.25, 0.3) is 0 Å². The molecule has 2 aromatic rings. The second kappa shape index (κ2) is 11.6. The molecule has 33 heavy (non-hydrogen) atoms. The zero-order valence-corrected chi connectivity index (χ0v) is 20.2. The van der Waals surface area contributed by atoms with Crippen LogP contribution in [0.4, 0.5) is 5.69 Å². The third-order valence-electron chi connectivity index (χ3n) is 5.61. The van der Waals surface area contributed by atoms with E-state index in [4.69, 9.17) is 4.74 Å². The van der Waals surface area contributed by atoms with E-state index >= 15 is 0 Å². The van der Waals surface area contributed by atoms with Crippen molar-refractivity contribution in [3.63, 3.8) is 0 Å². The molecule has 0 spiro atoms. The predicted molar refractivity (Wildman–Crippen MR) is 129 cm³/mol. The lowest BCUT2D eigenvalue weighted by Gasteiger charge is -2.37. The molecule has 0 aliphatic carbocycles. The first-order valence-electron chi connectivity index (χ1n) is 11.7. The molecule has 1 aliphatic rings. The van der Waals surface area contributed by atoms with Crippen molar-refractivity contribution in [2.24, 2.45) is 5.92 Å². The maximum Gasteiger partial charge on any atom is 0.274 e. The lowest BCUT2D eigenvalue weighted by atomic mass is 10.2. The van der Waals surface area contributed by atoms with Gasteiger partial charge in [0.2, 0.25) is 5.91 Å². The summed E-state index contributed by atoms with van der Waals surface area (Å²) in [7, 11) is 0. The highest BCUT2D eigenvalue weighted by atomic mass is 16.5. The van der Waals surface area contributed by atoms with Gasteiger partial charge in [-0.3, -0.25) is 14.6 Å². The zero-order valence-electron chi connectivity index (χ0n) is 20.2. The van der Waals surface area contributed by atoms with Crippen LogP contribution in [0.2, 0.25) is 0 Å². The van der Waals surface area contributed by atoms with Crippen molar-refractivity contribution in [3.8, 4) is 5.75 Å². The van der Waals surface area contributed by atoms with Crippen molar-refractivity contribution in [1.82, 2.24) is 19.8 Å². The Hall–Kier alpha value is -3.16. The molecule has 0 bridgehead atoms. The van der Waals surface area contributed by atoms with Crippen LogP contribution in [0, 0.1) is 12.8 Å². The number of piperazine rings is 1. The van der Waals surface area contributed by atoms with Gasteiger partial charge in [0.1, 0.15) is 11.4 Å². The van der Waals surface area contributed by atoms with Crippen LogP contribution in [0.5, 0.6) is 5.75 Å². The Bertz CT molecular complexity index is 924. The molecule has 1 saturated heterocycles. The van der Waals surface area contributed by atoms with Crippen LogP contribution in [0.1, 0.15) is 43.4 Å². The van der Waals surface area contributed by atoms with Gasteiger partial charge in [0.05, 0.1) is 24.2 Å². The maximum atomic E-state index is 12.9. The minimum absolute atomic E-state index is 0.0734. The fourth-order valence-corrected chi connectivity index (χ4v) is 3.96. The fourth-order valence-electron chi connectivity index (χ4n) is 3.96. The number of aromatic nitrogens is 2. The largest absolute Gasteiger partial charge is 0.492 e.